The minimum atomic E-state index is -0.0428. The Bertz CT molecular complexity index is 306. The average Bonchev–Trinajstić information content (AvgIpc) is 2.70. The first-order valence-corrected chi connectivity index (χ1v) is 4.54. The smallest absolute Gasteiger partial charge is 0.212 e. The van der Waals surface area contributed by atoms with Crippen molar-refractivity contribution in [3.05, 3.63) is 18.9 Å². The van der Waals surface area contributed by atoms with Gasteiger partial charge in [0, 0.05) is 12.4 Å². The molecule has 1 heterocycles. The van der Waals surface area contributed by atoms with Gasteiger partial charge in [-0.05, 0) is 18.5 Å². The summed E-state index contributed by atoms with van der Waals surface area (Å²) in [6, 6.07) is -0.0428. The van der Waals surface area contributed by atoms with Crippen LogP contribution in [-0.4, -0.2) is 49.3 Å². The maximum atomic E-state index is 10.5. The fourth-order valence-electron chi connectivity index (χ4n) is 1.10. The predicted octanol–water partition coefficient (Wildman–Crippen LogP) is 0.241. The quantitative estimate of drug-likeness (QED) is 0.479. The lowest BCUT2D eigenvalue weighted by molar-refractivity contribution is -0.119. The van der Waals surface area contributed by atoms with E-state index >= 15 is 0 Å². The Labute approximate surface area is 88.5 Å². The number of amides is 1. The molecule has 1 atom stereocenters. The van der Waals surface area contributed by atoms with Crippen LogP contribution in [-0.2, 0) is 9.53 Å². The molecule has 1 aliphatic heterocycles. The Morgan fingerprint density at radius 3 is 3.27 bits per heavy atom. The summed E-state index contributed by atoms with van der Waals surface area (Å²) in [4.78, 5) is 19.9. The number of aliphatic imine (C=N–C) groups is 2. The lowest BCUT2D eigenvalue weighted by atomic mass is 10.3. The van der Waals surface area contributed by atoms with E-state index in [1.54, 1.807) is 23.4 Å². The van der Waals surface area contributed by atoms with E-state index in [1.165, 1.54) is 0 Å². The lowest BCUT2D eigenvalue weighted by Gasteiger charge is -2.11. The third kappa shape index (κ3) is 3.89. The van der Waals surface area contributed by atoms with Gasteiger partial charge in [0.15, 0.2) is 0 Å². The molecule has 0 saturated carbocycles. The van der Waals surface area contributed by atoms with Crippen LogP contribution in [0.3, 0.4) is 0 Å². The van der Waals surface area contributed by atoms with E-state index in [0.29, 0.717) is 19.9 Å². The molecule has 0 bridgehead atoms. The molecule has 0 aromatic heterocycles. The molecule has 5 heteroatoms. The topological polar surface area (TPSA) is 54.3 Å². The van der Waals surface area contributed by atoms with Crippen LogP contribution in [0.5, 0.6) is 0 Å². The Balaban J connectivity index is 2.30. The number of carbonyl (C=O) groups excluding carboxylic acids is 1. The highest BCUT2D eigenvalue weighted by Gasteiger charge is 2.21. The average molecular weight is 207 g/mol. The number of nitrogens with zero attached hydrogens (tertiary/aromatic N) is 3. The molecule has 1 rings (SSSR count). The standard InChI is InChI=1S/C10H13N3O2/c1-2-11-4-3-5-12-6-10-7-15-9-13(10)8-14/h3-4,6,8,10H,1,5,7,9H2/b4-3-,12-6?/t10-/m1/s1. The molecule has 1 amide bonds. The van der Waals surface area contributed by atoms with Crippen molar-refractivity contribution in [3.8, 4) is 0 Å². The highest BCUT2D eigenvalue weighted by Crippen LogP contribution is 2.03. The van der Waals surface area contributed by atoms with Crippen LogP contribution in [0.25, 0.3) is 0 Å². The highest BCUT2D eigenvalue weighted by atomic mass is 16.5. The van der Waals surface area contributed by atoms with Crippen LogP contribution in [0.15, 0.2) is 28.8 Å². The number of ether oxygens (including phenoxy) is 1. The highest BCUT2D eigenvalue weighted by molar-refractivity contribution is 5.69. The summed E-state index contributed by atoms with van der Waals surface area (Å²) in [6.45, 7) is 4.70. The van der Waals surface area contributed by atoms with Crippen molar-refractivity contribution < 1.29 is 9.53 Å². The minimum Gasteiger partial charge on any atom is -0.358 e. The second-order valence-electron chi connectivity index (χ2n) is 2.87. The molecule has 80 valence electrons. The first-order valence-electron chi connectivity index (χ1n) is 4.54. The van der Waals surface area contributed by atoms with Gasteiger partial charge >= 0.3 is 0 Å². The fraction of sp³-hybridized carbons (Fsp3) is 0.400. The van der Waals surface area contributed by atoms with E-state index in [0.717, 1.165) is 6.41 Å². The Kier molecular flexibility index (Phi) is 5.08. The molecule has 0 N–H and O–H groups in total. The van der Waals surface area contributed by atoms with Crippen molar-refractivity contribution in [2.45, 2.75) is 6.04 Å². The van der Waals surface area contributed by atoms with Gasteiger partial charge in [-0.3, -0.25) is 9.79 Å². The van der Waals surface area contributed by atoms with E-state index in [9.17, 15) is 4.79 Å². The van der Waals surface area contributed by atoms with Crippen LogP contribution < -0.4 is 0 Å². The fourth-order valence-corrected chi connectivity index (χ4v) is 1.10. The summed E-state index contributed by atoms with van der Waals surface area (Å²) in [5.74, 6) is 2.38. The summed E-state index contributed by atoms with van der Waals surface area (Å²) >= 11 is 0. The number of rotatable bonds is 5. The summed E-state index contributed by atoms with van der Waals surface area (Å²) in [6.07, 6.45) is 5.83. The largest absolute Gasteiger partial charge is 0.358 e. The molecule has 0 aliphatic carbocycles. The van der Waals surface area contributed by atoms with E-state index in [2.05, 4.69) is 22.4 Å². The third-order valence-electron chi connectivity index (χ3n) is 1.85. The van der Waals surface area contributed by atoms with Crippen LogP contribution in [0, 0.1) is 0 Å². The maximum Gasteiger partial charge on any atom is 0.212 e. The Hall–Kier alpha value is -1.71. The summed E-state index contributed by atoms with van der Waals surface area (Å²) in [5.41, 5.74) is 0. The minimum absolute atomic E-state index is 0.0428. The lowest BCUT2D eigenvalue weighted by Crippen LogP contribution is -2.30. The van der Waals surface area contributed by atoms with Gasteiger partial charge in [-0.1, -0.05) is 0 Å². The van der Waals surface area contributed by atoms with Crippen molar-refractivity contribution in [3.63, 3.8) is 0 Å². The second-order valence-corrected chi connectivity index (χ2v) is 2.87. The Morgan fingerprint density at radius 1 is 1.67 bits per heavy atom. The van der Waals surface area contributed by atoms with Crippen LogP contribution in [0.2, 0.25) is 0 Å². The number of hydrogen-bond donors (Lipinski definition) is 0. The zero-order valence-corrected chi connectivity index (χ0v) is 8.37. The molecule has 1 aliphatic rings. The van der Waals surface area contributed by atoms with Crippen LogP contribution >= 0.6 is 0 Å². The van der Waals surface area contributed by atoms with Crippen molar-refractivity contribution in [1.82, 2.24) is 4.90 Å². The third-order valence-corrected chi connectivity index (χ3v) is 1.85. The molecule has 0 aromatic carbocycles. The molecule has 0 radical (unpaired) electrons. The van der Waals surface area contributed by atoms with Crippen molar-refractivity contribution in [1.29, 1.82) is 0 Å². The molecule has 0 spiro atoms. The van der Waals surface area contributed by atoms with E-state index in [1.807, 2.05) is 0 Å². The van der Waals surface area contributed by atoms with Gasteiger partial charge in [-0.2, -0.15) is 0 Å². The Morgan fingerprint density at radius 2 is 2.53 bits per heavy atom. The second kappa shape index (κ2) is 6.70. The van der Waals surface area contributed by atoms with Gasteiger partial charge in [0.05, 0.1) is 19.2 Å². The molecular formula is C10H13N3O2. The van der Waals surface area contributed by atoms with Gasteiger partial charge in [-0.15, -0.1) is 0 Å². The first-order chi connectivity index (χ1) is 7.38. The summed E-state index contributed by atoms with van der Waals surface area (Å²) in [5, 5.41) is 0. The maximum absolute atomic E-state index is 10.5. The summed E-state index contributed by atoms with van der Waals surface area (Å²) in [7, 11) is 0. The monoisotopic (exact) mass is 207 g/mol. The van der Waals surface area contributed by atoms with Crippen LogP contribution in [0.4, 0.5) is 0 Å². The van der Waals surface area contributed by atoms with Gasteiger partial charge < -0.3 is 9.64 Å². The molecule has 1 fully saturated rings. The molecule has 1 saturated heterocycles. The zero-order valence-electron chi connectivity index (χ0n) is 8.37. The van der Waals surface area contributed by atoms with E-state index in [-0.39, 0.29) is 6.04 Å². The molecule has 5 nitrogen and oxygen atoms in total. The molecule has 0 aromatic rings. The van der Waals surface area contributed by atoms with Gasteiger partial charge in [0.1, 0.15) is 6.73 Å². The van der Waals surface area contributed by atoms with Gasteiger partial charge in [0.25, 0.3) is 0 Å². The number of hydrogen-bond acceptors (Lipinski definition) is 4. The van der Waals surface area contributed by atoms with Gasteiger partial charge in [0.2, 0.25) is 6.41 Å². The van der Waals surface area contributed by atoms with Crippen molar-refractivity contribution in [2.24, 2.45) is 9.98 Å². The van der Waals surface area contributed by atoms with Gasteiger partial charge in [-0.25, -0.2) is 4.99 Å². The summed E-state index contributed by atoms with van der Waals surface area (Å²) < 4.78 is 5.10. The van der Waals surface area contributed by atoms with Crippen LogP contribution in [0.1, 0.15) is 0 Å². The normalized spacial score (nSPS) is 21.1. The van der Waals surface area contributed by atoms with Crippen molar-refractivity contribution >= 4 is 18.5 Å². The molecular weight excluding hydrogens is 194 g/mol. The number of carbonyl (C=O) groups is 1. The van der Waals surface area contributed by atoms with E-state index < -0.39 is 0 Å². The molecule has 15 heavy (non-hydrogen) atoms. The van der Waals surface area contributed by atoms with Crippen molar-refractivity contribution in [2.75, 3.05) is 19.9 Å². The van der Waals surface area contributed by atoms with E-state index in [4.69, 9.17) is 4.74 Å². The first kappa shape index (κ1) is 11.4. The SMILES string of the molecule is C=C=N/C=C\CN=C[C@@H]1COCN1C=O. The molecule has 0 unspecified atom stereocenters. The predicted molar refractivity (Wildman–Crippen MR) is 58.1 cm³/mol. The zero-order chi connectivity index (χ0) is 10.9.